The van der Waals surface area contributed by atoms with Crippen LogP contribution in [0.2, 0.25) is 0 Å². The fourth-order valence-electron chi connectivity index (χ4n) is 3.55. The predicted molar refractivity (Wildman–Crippen MR) is 103 cm³/mol. The van der Waals surface area contributed by atoms with Crippen molar-refractivity contribution in [3.8, 4) is 0 Å². The highest BCUT2D eigenvalue weighted by molar-refractivity contribution is 7.89. The van der Waals surface area contributed by atoms with E-state index >= 15 is 0 Å². The van der Waals surface area contributed by atoms with Crippen molar-refractivity contribution in [2.24, 2.45) is 0 Å². The highest BCUT2D eigenvalue weighted by Gasteiger charge is 2.25. The Hall–Kier alpha value is -1.75. The van der Waals surface area contributed by atoms with Crippen LogP contribution in [0.15, 0.2) is 15.3 Å². The smallest absolute Gasteiger partial charge is 0.349 e. The average Bonchev–Trinajstić information content (AvgIpc) is 2.68. The molecule has 1 aromatic heterocycles. The molecule has 0 saturated carbocycles. The summed E-state index contributed by atoms with van der Waals surface area (Å²) in [5.41, 5.74) is -0.207. The maximum Gasteiger partial charge on any atom is 0.349 e. The monoisotopic (exact) mass is 413 g/mol. The quantitative estimate of drug-likeness (QED) is 0.663. The Morgan fingerprint density at radius 3 is 2.61 bits per heavy atom. The molecule has 156 valence electrons. The number of rotatable bonds is 6. The van der Waals surface area contributed by atoms with Crippen molar-refractivity contribution >= 4 is 15.9 Å². The fraction of sp³-hybridized carbons (Fsp3) is 0.667. The molecule has 1 aromatic rings. The molecule has 2 aliphatic heterocycles. The van der Waals surface area contributed by atoms with Gasteiger partial charge in [0.05, 0.1) is 19.0 Å². The van der Waals surface area contributed by atoms with Crippen LogP contribution in [0.4, 0.5) is 0 Å². The number of nitrogens with zero attached hydrogens (tertiary/aromatic N) is 1. The second kappa shape index (κ2) is 9.17. The molecule has 3 rings (SSSR count). The first-order valence-corrected chi connectivity index (χ1v) is 11.2. The van der Waals surface area contributed by atoms with Crippen LogP contribution in [0.5, 0.6) is 0 Å². The molecule has 1 amide bonds. The summed E-state index contributed by atoms with van der Waals surface area (Å²) in [6, 6.07) is 1.75. The Balaban J connectivity index is 1.61. The normalized spacial score (nSPS) is 19.5. The van der Waals surface area contributed by atoms with Gasteiger partial charge in [0.2, 0.25) is 10.0 Å². The predicted octanol–water partition coefficient (Wildman–Crippen LogP) is -0.193. The van der Waals surface area contributed by atoms with Crippen molar-refractivity contribution in [1.82, 2.24) is 14.9 Å². The van der Waals surface area contributed by atoms with Crippen LogP contribution in [-0.2, 0) is 14.8 Å². The number of ether oxygens (including phenoxy) is 1. The number of piperidine rings is 1. The summed E-state index contributed by atoms with van der Waals surface area (Å²) >= 11 is 0. The summed E-state index contributed by atoms with van der Waals surface area (Å²) in [5.74, 6) is -0.0600. The first-order chi connectivity index (χ1) is 13.4. The highest BCUT2D eigenvalue weighted by atomic mass is 32.2. The van der Waals surface area contributed by atoms with E-state index in [1.165, 1.54) is 4.31 Å². The number of amides is 1. The maximum atomic E-state index is 12.4. The number of morpholine rings is 1. The molecule has 2 N–H and O–H groups in total. The van der Waals surface area contributed by atoms with Gasteiger partial charge in [-0.1, -0.05) is 0 Å². The second-order valence-corrected chi connectivity index (χ2v) is 9.19. The van der Waals surface area contributed by atoms with Gasteiger partial charge in [-0.3, -0.25) is 4.79 Å². The van der Waals surface area contributed by atoms with E-state index in [1.54, 1.807) is 13.0 Å². The number of carbonyl (C=O) groups excluding carboxylic acids is 1. The molecule has 0 bridgehead atoms. The van der Waals surface area contributed by atoms with Gasteiger partial charge in [0.25, 0.3) is 5.91 Å². The molecule has 0 unspecified atom stereocenters. The third-order valence-electron chi connectivity index (χ3n) is 5.15. The summed E-state index contributed by atoms with van der Waals surface area (Å²) in [4.78, 5) is 24.8. The lowest BCUT2D eigenvalue weighted by atomic mass is 9.94. The lowest BCUT2D eigenvalue weighted by Gasteiger charge is -2.26. The molecule has 0 atom stereocenters. The molecule has 2 saturated heterocycles. The molecule has 28 heavy (non-hydrogen) atoms. The van der Waals surface area contributed by atoms with Crippen molar-refractivity contribution in [2.45, 2.75) is 25.7 Å². The lowest BCUT2D eigenvalue weighted by Crippen LogP contribution is -2.44. The highest BCUT2D eigenvalue weighted by Crippen LogP contribution is 2.25. The number of aryl methyl sites for hydroxylation is 1. The van der Waals surface area contributed by atoms with Gasteiger partial charge in [-0.15, -0.1) is 0 Å². The van der Waals surface area contributed by atoms with Gasteiger partial charge < -0.3 is 19.8 Å². The number of carbonyl (C=O) groups is 1. The van der Waals surface area contributed by atoms with E-state index in [2.05, 4.69) is 10.6 Å². The Bertz CT molecular complexity index is 855. The van der Waals surface area contributed by atoms with E-state index in [-0.39, 0.29) is 23.8 Å². The average molecular weight is 413 g/mol. The maximum absolute atomic E-state index is 12.4. The summed E-state index contributed by atoms with van der Waals surface area (Å²) in [6.45, 7) is 4.73. The molecular formula is C18H27N3O6S. The number of hydrogen-bond acceptors (Lipinski definition) is 7. The third kappa shape index (κ3) is 4.99. The van der Waals surface area contributed by atoms with E-state index in [9.17, 15) is 18.0 Å². The van der Waals surface area contributed by atoms with E-state index in [4.69, 9.17) is 9.15 Å². The van der Waals surface area contributed by atoms with E-state index in [0.717, 1.165) is 25.9 Å². The van der Waals surface area contributed by atoms with E-state index < -0.39 is 21.6 Å². The molecule has 0 aromatic carbocycles. The third-order valence-corrected chi connectivity index (χ3v) is 7.02. The van der Waals surface area contributed by atoms with Gasteiger partial charge in [0.1, 0.15) is 11.3 Å². The fourth-order valence-corrected chi connectivity index (χ4v) is 4.87. The molecule has 0 spiro atoms. The molecule has 2 fully saturated rings. The lowest BCUT2D eigenvalue weighted by molar-refractivity contribution is 0.0730. The van der Waals surface area contributed by atoms with Crippen LogP contribution in [0.25, 0.3) is 0 Å². The van der Waals surface area contributed by atoms with Crippen molar-refractivity contribution in [3.63, 3.8) is 0 Å². The summed E-state index contributed by atoms with van der Waals surface area (Å²) in [6.07, 6.45) is 1.76. The van der Waals surface area contributed by atoms with Gasteiger partial charge in [-0.25, -0.2) is 13.2 Å². The standard InChI is InChI=1S/C18H27N3O6S/c1-13-12-15(14-2-4-19-5-3-14)27-18(23)16(13)17(22)20-6-11-28(24,25)21-7-9-26-10-8-21/h12,14,19H,2-11H2,1H3,(H,20,22). The van der Waals surface area contributed by atoms with Crippen LogP contribution >= 0.6 is 0 Å². The van der Waals surface area contributed by atoms with Crippen LogP contribution in [0, 0.1) is 6.92 Å². The Labute approximate surface area is 164 Å². The summed E-state index contributed by atoms with van der Waals surface area (Å²) in [7, 11) is -3.47. The molecule has 2 aliphatic rings. The molecule has 3 heterocycles. The van der Waals surface area contributed by atoms with E-state index in [0.29, 0.717) is 37.6 Å². The van der Waals surface area contributed by atoms with Crippen LogP contribution in [0.1, 0.15) is 40.4 Å². The molecule has 0 radical (unpaired) electrons. The Kier molecular flexibility index (Phi) is 6.86. The summed E-state index contributed by atoms with van der Waals surface area (Å²) in [5, 5.41) is 5.79. The molecular weight excluding hydrogens is 386 g/mol. The number of nitrogens with one attached hydrogen (secondary N) is 2. The van der Waals surface area contributed by atoms with Crippen molar-refractivity contribution in [3.05, 3.63) is 33.4 Å². The SMILES string of the molecule is Cc1cc(C2CCNCC2)oc(=O)c1C(=O)NCCS(=O)(=O)N1CCOCC1. The van der Waals surface area contributed by atoms with Crippen LogP contribution in [0.3, 0.4) is 0 Å². The van der Waals surface area contributed by atoms with Crippen molar-refractivity contribution in [2.75, 3.05) is 51.7 Å². The van der Waals surface area contributed by atoms with Gasteiger partial charge in [-0.05, 0) is 44.5 Å². The molecule has 0 aliphatic carbocycles. The van der Waals surface area contributed by atoms with Gasteiger partial charge >= 0.3 is 5.63 Å². The minimum absolute atomic E-state index is 0.0681. The minimum atomic E-state index is -3.47. The Morgan fingerprint density at radius 1 is 1.29 bits per heavy atom. The topological polar surface area (TPSA) is 118 Å². The zero-order chi connectivity index (χ0) is 20.1. The second-order valence-electron chi connectivity index (χ2n) is 7.10. The zero-order valence-electron chi connectivity index (χ0n) is 16.0. The number of sulfonamides is 1. The Morgan fingerprint density at radius 2 is 1.96 bits per heavy atom. The zero-order valence-corrected chi connectivity index (χ0v) is 16.8. The molecule has 9 nitrogen and oxygen atoms in total. The van der Waals surface area contributed by atoms with E-state index in [1.807, 2.05) is 0 Å². The molecule has 10 heteroatoms. The van der Waals surface area contributed by atoms with Crippen LogP contribution in [-0.4, -0.2) is 70.3 Å². The van der Waals surface area contributed by atoms with Gasteiger partial charge in [0.15, 0.2) is 0 Å². The largest absolute Gasteiger partial charge is 0.427 e. The number of hydrogen-bond donors (Lipinski definition) is 2. The minimum Gasteiger partial charge on any atom is -0.427 e. The summed E-state index contributed by atoms with van der Waals surface area (Å²) < 4.78 is 36.5. The van der Waals surface area contributed by atoms with Gasteiger partial charge in [0, 0.05) is 25.6 Å². The van der Waals surface area contributed by atoms with Crippen molar-refractivity contribution < 1.29 is 22.4 Å². The van der Waals surface area contributed by atoms with Crippen molar-refractivity contribution in [1.29, 1.82) is 0 Å². The first kappa shape index (κ1) is 21.0. The first-order valence-electron chi connectivity index (χ1n) is 9.57. The van der Waals surface area contributed by atoms with Crippen LogP contribution < -0.4 is 16.3 Å². The van der Waals surface area contributed by atoms with Gasteiger partial charge in [-0.2, -0.15) is 4.31 Å².